The third-order valence-electron chi connectivity index (χ3n) is 1.90. The highest BCUT2D eigenvalue weighted by Gasteiger charge is 2.09. The second kappa shape index (κ2) is 3.53. The van der Waals surface area contributed by atoms with Crippen molar-refractivity contribution in [3.05, 3.63) is 42.1 Å². The predicted octanol–water partition coefficient (Wildman–Crippen LogP) is 1.27. The van der Waals surface area contributed by atoms with Crippen LogP contribution < -0.4 is 0 Å². The molecular formula is C10H9N3O2. The molecule has 15 heavy (non-hydrogen) atoms. The lowest BCUT2D eigenvalue weighted by Crippen LogP contribution is -2.08. The van der Waals surface area contributed by atoms with Crippen molar-refractivity contribution in [2.24, 2.45) is 0 Å². The van der Waals surface area contributed by atoms with E-state index in [-0.39, 0.29) is 5.82 Å². The first-order valence-electron chi connectivity index (χ1n) is 4.39. The lowest BCUT2D eigenvalue weighted by atomic mass is 10.4. The Bertz CT molecular complexity index is 491. The highest BCUT2D eigenvalue weighted by molar-refractivity contribution is 5.83. The van der Waals surface area contributed by atoms with Gasteiger partial charge in [0, 0.05) is 24.2 Å². The number of rotatable bonds is 2. The SMILES string of the molecule is Cc1cc(-n2cccc2)nc(C(=O)O)n1. The van der Waals surface area contributed by atoms with Gasteiger partial charge in [0.15, 0.2) is 0 Å². The summed E-state index contributed by atoms with van der Waals surface area (Å²) in [6.07, 6.45) is 3.60. The minimum Gasteiger partial charge on any atom is -0.475 e. The van der Waals surface area contributed by atoms with Gasteiger partial charge >= 0.3 is 5.97 Å². The number of aryl methyl sites for hydroxylation is 1. The second-order valence-electron chi connectivity index (χ2n) is 3.09. The zero-order valence-electron chi connectivity index (χ0n) is 8.08. The number of aromatic carboxylic acids is 1. The Kier molecular flexibility index (Phi) is 2.21. The molecule has 0 spiro atoms. The fourth-order valence-electron chi connectivity index (χ4n) is 1.27. The van der Waals surface area contributed by atoms with E-state index in [0.717, 1.165) is 0 Å². The monoisotopic (exact) mass is 203 g/mol. The fraction of sp³-hybridized carbons (Fsp3) is 0.100. The molecule has 0 fully saturated rings. The minimum absolute atomic E-state index is 0.182. The van der Waals surface area contributed by atoms with Crippen LogP contribution in [0.15, 0.2) is 30.6 Å². The Morgan fingerprint density at radius 1 is 1.33 bits per heavy atom. The molecule has 76 valence electrons. The molecule has 2 aromatic rings. The van der Waals surface area contributed by atoms with Crippen LogP contribution in [0.2, 0.25) is 0 Å². The molecule has 2 rings (SSSR count). The van der Waals surface area contributed by atoms with Crippen LogP contribution in [0.3, 0.4) is 0 Å². The van der Waals surface area contributed by atoms with Crippen LogP contribution in [0.4, 0.5) is 0 Å². The van der Waals surface area contributed by atoms with Crippen LogP contribution in [-0.4, -0.2) is 25.6 Å². The first kappa shape index (κ1) is 9.39. The van der Waals surface area contributed by atoms with E-state index in [1.807, 2.05) is 12.1 Å². The highest BCUT2D eigenvalue weighted by Crippen LogP contribution is 2.07. The summed E-state index contributed by atoms with van der Waals surface area (Å²) >= 11 is 0. The standard InChI is InChI=1S/C10H9N3O2/c1-7-6-8(13-4-2-3-5-13)12-9(11-7)10(14)15/h2-6H,1H3,(H,14,15). The molecule has 0 aromatic carbocycles. The molecule has 0 saturated heterocycles. The van der Waals surface area contributed by atoms with Crippen molar-refractivity contribution >= 4 is 5.97 Å². The third-order valence-corrected chi connectivity index (χ3v) is 1.90. The van der Waals surface area contributed by atoms with Gasteiger partial charge in [-0.15, -0.1) is 0 Å². The molecule has 5 nitrogen and oxygen atoms in total. The van der Waals surface area contributed by atoms with E-state index >= 15 is 0 Å². The molecule has 0 saturated carbocycles. The average molecular weight is 203 g/mol. The summed E-state index contributed by atoms with van der Waals surface area (Å²) in [7, 11) is 0. The maximum absolute atomic E-state index is 10.7. The lowest BCUT2D eigenvalue weighted by molar-refractivity contribution is 0.0683. The molecule has 2 aromatic heterocycles. The summed E-state index contributed by atoms with van der Waals surface area (Å²) in [4.78, 5) is 18.5. The molecule has 0 aliphatic heterocycles. The number of hydrogen-bond donors (Lipinski definition) is 1. The van der Waals surface area contributed by atoms with Crippen molar-refractivity contribution in [2.75, 3.05) is 0 Å². The van der Waals surface area contributed by atoms with Crippen LogP contribution in [0.1, 0.15) is 16.3 Å². The molecule has 0 bridgehead atoms. The Morgan fingerprint density at radius 3 is 2.60 bits per heavy atom. The molecule has 0 atom stereocenters. The van der Waals surface area contributed by atoms with E-state index in [9.17, 15) is 4.79 Å². The van der Waals surface area contributed by atoms with Crippen LogP contribution in [0.25, 0.3) is 5.82 Å². The quantitative estimate of drug-likeness (QED) is 0.798. The van der Waals surface area contributed by atoms with Crippen molar-refractivity contribution in [1.29, 1.82) is 0 Å². The molecule has 5 heteroatoms. The van der Waals surface area contributed by atoms with Gasteiger partial charge in [-0.25, -0.2) is 14.8 Å². The van der Waals surface area contributed by atoms with Gasteiger partial charge in [0.05, 0.1) is 0 Å². The Labute approximate surface area is 86.0 Å². The maximum atomic E-state index is 10.7. The number of carbonyl (C=O) groups is 1. The van der Waals surface area contributed by atoms with Crippen LogP contribution >= 0.6 is 0 Å². The molecule has 0 aliphatic carbocycles. The van der Waals surface area contributed by atoms with Crippen molar-refractivity contribution in [2.45, 2.75) is 6.92 Å². The van der Waals surface area contributed by atoms with Crippen molar-refractivity contribution in [1.82, 2.24) is 14.5 Å². The largest absolute Gasteiger partial charge is 0.475 e. The van der Waals surface area contributed by atoms with Crippen LogP contribution in [-0.2, 0) is 0 Å². The van der Waals surface area contributed by atoms with Gasteiger partial charge in [-0.1, -0.05) is 0 Å². The van der Waals surface area contributed by atoms with Gasteiger partial charge in [0.2, 0.25) is 5.82 Å². The minimum atomic E-state index is -1.12. The van der Waals surface area contributed by atoms with Gasteiger partial charge in [-0.05, 0) is 19.1 Å². The average Bonchev–Trinajstić information content (AvgIpc) is 2.69. The molecule has 1 N–H and O–H groups in total. The van der Waals surface area contributed by atoms with E-state index in [1.165, 1.54) is 0 Å². The van der Waals surface area contributed by atoms with Crippen molar-refractivity contribution in [3.8, 4) is 5.82 Å². The second-order valence-corrected chi connectivity index (χ2v) is 3.09. The molecular weight excluding hydrogens is 194 g/mol. The summed E-state index contributed by atoms with van der Waals surface area (Å²) in [5, 5.41) is 8.80. The van der Waals surface area contributed by atoms with E-state index in [1.54, 1.807) is 30.0 Å². The zero-order chi connectivity index (χ0) is 10.8. The van der Waals surface area contributed by atoms with Gasteiger partial charge < -0.3 is 9.67 Å². The number of carboxylic acids is 1. The maximum Gasteiger partial charge on any atom is 0.374 e. The Hall–Kier alpha value is -2.17. The molecule has 0 unspecified atom stereocenters. The Morgan fingerprint density at radius 2 is 2.00 bits per heavy atom. The van der Waals surface area contributed by atoms with Crippen molar-refractivity contribution in [3.63, 3.8) is 0 Å². The van der Waals surface area contributed by atoms with Gasteiger partial charge in [-0.2, -0.15) is 0 Å². The normalized spacial score (nSPS) is 10.2. The number of nitrogens with zero attached hydrogens (tertiary/aromatic N) is 3. The summed E-state index contributed by atoms with van der Waals surface area (Å²) in [6.45, 7) is 1.74. The van der Waals surface area contributed by atoms with E-state index in [4.69, 9.17) is 5.11 Å². The molecule has 0 radical (unpaired) electrons. The fourth-order valence-corrected chi connectivity index (χ4v) is 1.27. The summed E-state index contributed by atoms with van der Waals surface area (Å²) in [5.74, 6) is -0.740. The molecule has 2 heterocycles. The summed E-state index contributed by atoms with van der Waals surface area (Å²) < 4.78 is 1.74. The van der Waals surface area contributed by atoms with Gasteiger partial charge in [0.1, 0.15) is 5.82 Å². The summed E-state index contributed by atoms with van der Waals surface area (Å²) in [5.41, 5.74) is 0.631. The third kappa shape index (κ3) is 1.85. The lowest BCUT2D eigenvalue weighted by Gasteiger charge is -2.03. The zero-order valence-corrected chi connectivity index (χ0v) is 8.08. The smallest absolute Gasteiger partial charge is 0.374 e. The van der Waals surface area contributed by atoms with Crippen LogP contribution in [0.5, 0.6) is 0 Å². The number of hydrogen-bond acceptors (Lipinski definition) is 3. The first-order valence-corrected chi connectivity index (χ1v) is 4.39. The Balaban J connectivity index is 2.54. The van der Waals surface area contributed by atoms with Crippen LogP contribution in [0, 0.1) is 6.92 Å². The van der Waals surface area contributed by atoms with E-state index < -0.39 is 5.97 Å². The number of carboxylic acid groups (broad SMARTS) is 1. The van der Waals surface area contributed by atoms with Crippen molar-refractivity contribution < 1.29 is 9.90 Å². The number of aromatic nitrogens is 3. The first-order chi connectivity index (χ1) is 7.16. The van der Waals surface area contributed by atoms with E-state index in [0.29, 0.717) is 11.5 Å². The summed E-state index contributed by atoms with van der Waals surface area (Å²) in [6, 6.07) is 5.42. The van der Waals surface area contributed by atoms with E-state index in [2.05, 4.69) is 9.97 Å². The molecule has 0 amide bonds. The predicted molar refractivity (Wildman–Crippen MR) is 53.1 cm³/mol. The highest BCUT2D eigenvalue weighted by atomic mass is 16.4. The molecule has 0 aliphatic rings. The van der Waals surface area contributed by atoms with Gasteiger partial charge in [0.25, 0.3) is 0 Å². The topological polar surface area (TPSA) is 68.0 Å². The van der Waals surface area contributed by atoms with Gasteiger partial charge in [-0.3, -0.25) is 0 Å².